The summed E-state index contributed by atoms with van der Waals surface area (Å²) in [5.74, 6) is 5.54. The minimum Gasteiger partial charge on any atom is -0.350 e. The first-order chi connectivity index (χ1) is 6.75. The number of carbonyl (C=O) groups excluding carboxylic acids is 1. The Kier molecular flexibility index (Phi) is 3.74. The highest BCUT2D eigenvalue weighted by Crippen LogP contribution is 1.95. The Hall–Kier alpha value is -1.76. The molecule has 0 aliphatic carbocycles. The summed E-state index contributed by atoms with van der Waals surface area (Å²) in [5.41, 5.74) is 0.564. The molecule has 1 aromatic rings. The first-order valence-corrected chi connectivity index (χ1v) is 4.41. The summed E-state index contributed by atoms with van der Waals surface area (Å²) >= 11 is 0. The largest absolute Gasteiger partial charge is 0.350 e. The highest BCUT2D eigenvalue weighted by molar-refractivity contribution is 5.92. The molecule has 0 spiro atoms. The molecule has 0 aliphatic heterocycles. The van der Waals surface area contributed by atoms with Crippen molar-refractivity contribution in [2.24, 2.45) is 7.05 Å². The molecule has 4 nitrogen and oxygen atoms in total. The van der Waals surface area contributed by atoms with E-state index in [0.29, 0.717) is 18.7 Å². The molecule has 0 bridgehead atoms. The van der Waals surface area contributed by atoms with Crippen molar-refractivity contribution in [1.29, 1.82) is 0 Å². The second-order valence-electron chi connectivity index (χ2n) is 2.77. The van der Waals surface area contributed by atoms with Crippen LogP contribution in [0, 0.1) is 11.8 Å². The number of aryl methyl sites for hydroxylation is 1. The minimum absolute atomic E-state index is 0.108. The Morgan fingerprint density at radius 3 is 3.07 bits per heavy atom. The van der Waals surface area contributed by atoms with Gasteiger partial charge in [0.1, 0.15) is 5.69 Å². The SMILES string of the molecule is CC#CCCNC(=O)c1ccnn1C. The summed E-state index contributed by atoms with van der Waals surface area (Å²) < 4.78 is 1.54. The van der Waals surface area contributed by atoms with Crippen molar-refractivity contribution in [3.05, 3.63) is 18.0 Å². The number of aromatic nitrogens is 2. The maximum Gasteiger partial charge on any atom is 0.269 e. The van der Waals surface area contributed by atoms with Gasteiger partial charge in [0.05, 0.1) is 0 Å². The molecule has 0 radical (unpaired) electrons. The second kappa shape index (κ2) is 5.07. The van der Waals surface area contributed by atoms with Gasteiger partial charge in [0.15, 0.2) is 0 Å². The third-order valence-corrected chi connectivity index (χ3v) is 1.77. The molecule has 1 rings (SSSR count). The van der Waals surface area contributed by atoms with Crippen LogP contribution in [0.3, 0.4) is 0 Å². The first kappa shape index (κ1) is 10.3. The highest BCUT2D eigenvalue weighted by atomic mass is 16.2. The zero-order chi connectivity index (χ0) is 10.4. The summed E-state index contributed by atoms with van der Waals surface area (Å²) in [6.45, 7) is 2.35. The molecule has 0 aromatic carbocycles. The van der Waals surface area contributed by atoms with Crippen molar-refractivity contribution in [3.8, 4) is 11.8 Å². The molecular formula is C10H13N3O. The molecule has 0 fully saturated rings. The molecule has 1 aromatic heterocycles. The predicted octanol–water partition coefficient (Wildman–Crippen LogP) is 0.563. The van der Waals surface area contributed by atoms with E-state index in [2.05, 4.69) is 22.3 Å². The maximum absolute atomic E-state index is 11.5. The van der Waals surface area contributed by atoms with E-state index in [0.717, 1.165) is 0 Å². The highest BCUT2D eigenvalue weighted by Gasteiger charge is 2.07. The third kappa shape index (κ3) is 2.63. The van der Waals surface area contributed by atoms with Crippen LogP contribution < -0.4 is 5.32 Å². The van der Waals surface area contributed by atoms with Gasteiger partial charge in [-0.2, -0.15) is 5.10 Å². The Morgan fingerprint density at radius 2 is 2.50 bits per heavy atom. The quantitative estimate of drug-likeness (QED) is 0.560. The fourth-order valence-corrected chi connectivity index (χ4v) is 1.05. The molecule has 1 amide bonds. The van der Waals surface area contributed by atoms with Crippen LogP contribution in [0.25, 0.3) is 0 Å². The molecule has 74 valence electrons. The van der Waals surface area contributed by atoms with Crippen LogP contribution in [0.1, 0.15) is 23.8 Å². The van der Waals surface area contributed by atoms with Gasteiger partial charge in [0, 0.05) is 26.2 Å². The van der Waals surface area contributed by atoms with Gasteiger partial charge in [-0.3, -0.25) is 9.48 Å². The number of hydrogen-bond acceptors (Lipinski definition) is 2. The molecule has 0 aliphatic rings. The van der Waals surface area contributed by atoms with Crippen LogP contribution in [0.15, 0.2) is 12.3 Å². The Balaban J connectivity index is 2.42. The second-order valence-corrected chi connectivity index (χ2v) is 2.77. The summed E-state index contributed by atoms with van der Waals surface area (Å²) in [4.78, 5) is 11.5. The average molecular weight is 191 g/mol. The van der Waals surface area contributed by atoms with Crippen molar-refractivity contribution in [2.75, 3.05) is 6.54 Å². The average Bonchev–Trinajstić information content (AvgIpc) is 2.59. The van der Waals surface area contributed by atoms with Gasteiger partial charge in [-0.1, -0.05) is 0 Å². The fourth-order valence-electron chi connectivity index (χ4n) is 1.05. The lowest BCUT2D eigenvalue weighted by Crippen LogP contribution is -2.26. The standard InChI is InChI=1S/C10H13N3O/c1-3-4-5-7-11-10(14)9-6-8-12-13(9)2/h6,8H,5,7H2,1-2H3,(H,11,14). The van der Waals surface area contributed by atoms with Gasteiger partial charge >= 0.3 is 0 Å². The lowest BCUT2D eigenvalue weighted by Gasteiger charge is -2.02. The minimum atomic E-state index is -0.108. The normalized spacial score (nSPS) is 9.00. The van der Waals surface area contributed by atoms with Crippen LogP contribution in [0.4, 0.5) is 0 Å². The van der Waals surface area contributed by atoms with Crippen molar-refractivity contribution in [1.82, 2.24) is 15.1 Å². The molecule has 4 heteroatoms. The van der Waals surface area contributed by atoms with Gasteiger partial charge in [-0.15, -0.1) is 11.8 Å². The number of rotatable bonds is 3. The van der Waals surface area contributed by atoms with Crippen LogP contribution in [0.2, 0.25) is 0 Å². The van der Waals surface area contributed by atoms with Gasteiger partial charge in [-0.05, 0) is 13.0 Å². The van der Waals surface area contributed by atoms with E-state index in [-0.39, 0.29) is 5.91 Å². The van der Waals surface area contributed by atoms with E-state index in [1.54, 1.807) is 30.9 Å². The van der Waals surface area contributed by atoms with E-state index < -0.39 is 0 Å². The van der Waals surface area contributed by atoms with Gasteiger partial charge in [-0.25, -0.2) is 0 Å². The number of amides is 1. The molecule has 14 heavy (non-hydrogen) atoms. The van der Waals surface area contributed by atoms with Gasteiger partial charge in [0.2, 0.25) is 0 Å². The predicted molar refractivity (Wildman–Crippen MR) is 53.6 cm³/mol. The summed E-state index contributed by atoms with van der Waals surface area (Å²) in [5, 5.41) is 6.67. The Morgan fingerprint density at radius 1 is 1.71 bits per heavy atom. The monoisotopic (exact) mass is 191 g/mol. The third-order valence-electron chi connectivity index (χ3n) is 1.77. The topological polar surface area (TPSA) is 46.9 Å². The van der Waals surface area contributed by atoms with Gasteiger partial charge < -0.3 is 5.32 Å². The van der Waals surface area contributed by atoms with E-state index >= 15 is 0 Å². The van der Waals surface area contributed by atoms with Crippen LogP contribution in [-0.2, 0) is 7.05 Å². The smallest absolute Gasteiger partial charge is 0.269 e. The Bertz CT molecular complexity index is 370. The van der Waals surface area contributed by atoms with Gasteiger partial charge in [0.25, 0.3) is 5.91 Å². The molecule has 0 atom stereocenters. The molecule has 1 heterocycles. The zero-order valence-corrected chi connectivity index (χ0v) is 8.37. The number of nitrogens with one attached hydrogen (secondary N) is 1. The van der Waals surface area contributed by atoms with E-state index in [4.69, 9.17) is 0 Å². The molecule has 0 unspecified atom stereocenters. The maximum atomic E-state index is 11.5. The van der Waals surface area contributed by atoms with E-state index in [1.807, 2.05) is 0 Å². The lowest BCUT2D eigenvalue weighted by molar-refractivity contribution is 0.0945. The lowest BCUT2D eigenvalue weighted by atomic mass is 10.3. The van der Waals surface area contributed by atoms with Crippen molar-refractivity contribution in [2.45, 2.75) is 13.3 Å². The zero-order valence-electron chi connectivity index (χ0n) is 8.37. The number of hydrogen-bond donors (Lipinski definition) is 1. The van der Waals surface area contributed by atoms with E-state index in [9.17, 15) is 4.79 Å². The first-order valence-electron chi connectivity index (χ1n) is 4.41. The van der Waals surface area contributed by atoms with Crippen molar-refractivity contribution < 1.29 is 4.79 Å². The fraction of sp³-hybridized carbons (Fsp3) is 0.400. The summed E-state index contributed by atoms with van der Waals surface area (Å²) in [6, 6.07) is 1.68. The molecular weight excluding hydrogens is 178 g/mol. The molecule has 1 N–H and O–H groups in total. The van der Waals surface area contributed by atoms with E-state index in [1.165, 1.54) is 0 Å². The van der Waals surface area contributed by atoms with Crippen LogP contribution in [-0.4, -0.2) is 22.2 Å². The van der Waals surface area contributed by atoms with Crippen molar-refractivity contribution >= 4 is 5.91 Å². The number of carbonyl (C=O) groups is 1. The van der Waals surface area contributed by atoms with Crippen LogP contribution >= 0.6 is 0 Å². The summed E-state index contributed by atoms with van der Waals surface area (Å²) in [7, 11) is 1.74. The van der Waals surface area contributed by atoms with Crippen molar-refractivity contribution in [3.63, 3.8) is 0 Å². The Labute approximate surface area is 83.3 Å². The van der Waals surface area contributed by atoms with Crippen LogP contribution in [0.5, 0.6) is 0 Å². The summed E-state index contributed by atoms with van der Waals surface area (Å²) in [6.07, 6.45) is 2.28. The molecule has 0 saturated carbocycles. The molecule has 0 saturated heterocycles. The number of nitrogens with zero attached hydrogens (tertiary/aromatic N) is 2.